The molecule has 0 saturated heterocycles. The van der Waals surface area contributed by atoms with Crippen LogP contribution in [0.25, 0.3) is 0 Å². The molecule has 0 amide bonds. The van der Waals surface area contributed by atoms with E-state index in [2.05, 4.69) is 25.9 Å². The van der Waals surface area contributed by atoms with Crippen LogP contribution in [0.5, 0.6) is 0 Å². The molecule has 12 heavy (non-hydrogen) atoms. The fourth-order valence-corrected chi connectivity index (χ4v) is 1.55. The van der Waals surface area contributed by atoms with Crippen molar-refractivity contribution < 1.29 is 13.2 Å². The van der Waals surface area contributed by atoms with Crippen molar-refractivity contribution in [2.75, 3.05) is 5.73 Å². The Labute approximate surface area is 78.1 Å². The zero-order valence-corrected chi connectivity index (χ0v) is 7.85. The summed E-state index contributed by atoms with van der Waals surface area (Å²) in [4.78, 5) is 5.87. The van der Waals surface area contributed by atoms with Crippen molar-refractivity contribution in [3.8, 4) is 0 Å². The molecule has 0 radical (unpaired) electrons. The molecule has 0 atom stereocenters. The van der Waals surface area contributed by atoms with Gasteiger partial charge in [-0.05, 0) is 15.9 Å². The van der Waals surface area contributed by atoms with Crippen molar-refractivity contribution in [1.82, 2.24) is 9.97 Å². The third kappa shape index (κ3) is 2.59. The van der Waals surface area contributed by atoms with Gasteiger partial charge in [-0.25, -0.2) is 4.98 Å². The summed E-state index contributed by atoms with van der Waals surface area (Å²) in [7, 11) is 0. The highest BCUT2D eigenvalue weighted by Gasteiger charge is 2.31. The largest absolute Gasteiger partial charge is 0.447 e. The summed E-state index contributed by atoms with van der Waals surface area (Å²) in [6, 6.07) is 0. The highest BCUT2D eigenvalue weighted by Crippen LogP contribution is 2.38. The smallest absolute Gasteiger partial charge is 0.383 e. The Bertz CT molecular complexity index is 284. The van der Waals surface area contributed by atoms with Crippen molar-refractivity contribution in [2.24, 2.45) is 0 Å². The molecule has 1 aromatic heterocycles. The van der Waals surface area contributed by atoms with Gasteiger partial charge in [-0.1, -0.05) is 0 Å². The van der Waals surface area contributed by atoms with Crippen LogP contribution in [0.1, 0.15) is 0 Å². The number of thioether (sulfide) groups is 1. The van der Waals surface area contributed by atoms with E-state index >= 15 is 0 Å². The predicted molar refractivity (Wildman–Crippen MR) is 42.6 cm³/mol. The second-order valence-electron chi connectivity index (χ2n) is 1.79. The Balaban J connectivity index is 2.82. The minimum atomic E-state index is -4.36. The molecule has 3 N–H and O–H groups in total. The molecule has 0 aliphatic rings. The second-order valence-corrected chi connectivity index (χ2v) is 3.60. The zero-order chi connectivity index (χ0) is 9.35. The van der Waals surface area contributed by atoms with Crippen molar-refractivity contribution >= 4 is 33.5 Å². The first kappa shape index (κ1) is 9.72. The van der Waals surface area contributed by atoms with Crippen LogP contribution in [0, 0.1) is 0 Å². The molecule has 0 bridgehead atoms. The third-order valence-corrected chi connectivity index (χ3v) is 1.99. The van der Waals surface area contributed by atoms with Crippen LogP contribution in [-0.4, -0.2) is 15.5 Å². The van der Waals surface area contributed by atoms with Gasteiger partial charge in [0.2, 0.25) is 0 Å². The Kier molecular flexibility index (Phi) is 2.57. The first-order chi connectivity index (χ1) is 5.38. The number of hydrogen-bond donors (Lipinski definition) is 2. The number of nitrogen functional groups attached to an aromatic ring is 1. The van der Waals surface area contributed by atoms with Crippen LogP contribution in [-0.2, 0) is 0 Å². The highest BCUT2D eigenvalue weighted by molar-refractivity contribution is 9.10. The molecule has 0 aliphatic heterocycles. The molecule has 0 aliphatic carbocycles. The first-order valence-corrected chi connectivity index (χ1v) is 4.26. The van der Waals surface area contributed by atoms with E-state index in [0.29, 0.717) is 0 Å². The van der Waals surface area contributed by atoms with E-state index in [1.807, 2.05) is 0 Å². The van der Waals surface area contributed by atoms with Crippen LogP contribution in [0.3, 0.4) is 0 Å². The number of H-pyrrole nitrogens is 1. The lowest BCUT2D eigenvalue weighted by molar-refractivity contribution is -0.0329. The maximum atomic E-state index is 11.8. The molecule has 0 aromatic carbocycles. The molecule has 1 rings (SSSR count). The summed E-state index contributed by atoms with van der Waals surface area (Å²) >= 11 is 2.51. The fraction of sp³-hybridized carbons (Fsp3) is 0.250. The summed E-state index contributed by atoms with van der Waals surface area (Å²) in [6.45, 7) is 0. The van der Waals surface area contributed by atoms with Gasteiger partial charge in [-0.15, -0.1) is 0 Å². The van der Waals surface area contributed by atoms with Gasteiger partial charge in [-0.2, -0.15) is 13.2 Å². The number of halogens is 4. The first-order valence-electron chi connectivity index (χ1n) is 2.65. The Morgan fingerprint density at radius 1 is 1.50 bits per heavy atom. The second kappa shape index (κ2) is 3.17. The molecule has 0 fully saturated rings. The number of nitrogens with one attached hydrogen (secondary N) is 1. The molecular formula is C4H3BrF3N3S. The van der Waals surface area contributed by atoms with Crippen molar-refractivity contribution in [3.05, 3.63) is 4.73 Å². The van der Waals surface area contributed by atoms with E-state index in [1.165, 1.54) is 0 Å². The maximum Gasteiger partial charge on any atom is 0.447 e. The average Bonchev–Trinajstić information content (AvgIpc) is 2.06. The predicted octanol–water partition coefficient (Wildman–Crippen LogP) is 2.37. The number of alkyl halides is 3. The van der Waals surface area contributed by atoms with Gasteiger partial charge < -0.3 is 10.7 Å². The monoisotopic (exact) mass is 261 g/mol. The Morgan fingerprint density at radius 3 is 2.42 bits per heavy atom. The highest BCUT2D eigenvalue weighted by atomic mass is 79.9. The molecule has 0 spiro atoms. The number of anilines is 1. The lowest BCUT2D eigenvalue weighted by Crippen LogP contribution is -2.00. The van der Waals surface area contributed by atoms with Crippen LogP contribution in [0.4, 0.5) is 19.0 Å². The lowest BCUT2D eigenvalue weighted by Gasteiger charge is -2.01. The van der Waals surface area contributed by atoms with E-state index < -0.39 is 5.51 Å². The number of nitrogens with zero attached hydrogens (tertiary/aromatic N) is 1. The molecule has 3 nitrogen and oxygen atoms in total. The van der Waals surface area contributed by atoms with Crippen LogP contribution >= 0.6 is 27.7 Å². The molecule has 8 heteroatoms. The van der Waals surface area contributed by atoms with E-state index in [9.17, 15) is 13.2 Å². The molecule has 68 valence electrons. The van der Waals surface area contributed by atoms with Crippen LogP contribution < -0.4 is 5.73 Å². The number of aromatic amines is 1. The summed E-state index contributed by atoms with van der Waals surface area (Å²) < 4.78 is 35.5. The van der Waals surface area contributed by atoms with Crippen molar-refractivity contribution in [1.29, 1.82) is 0 Å². The minimum absolute atomic E-state index is 0.0933. The minimum Gasteiger partial charge on any atom is -0.383 e. The van der Waals surface area contributed by atoms with Gasteiger partial charge >= 0.3 is 5.51 Å². The van der Waals surface area contributed by atoms with Gasteiger partial charge in [0, 0.05) is 11.8 Å². The fourth-order valence-electron chi connectivity index (χ4n) is 0.529. The average molecular weight is 262 g/mol. The van der Waals surface area contributed by atoms with Crippen molar-refractivity contribution in [3.63, 3.8) is 0 Å². The summed E-state index contributed by atoms with van der Waals surface area (Å²) in [5.41, 5.74) is 0.821. The maximum absolute atomic E-state index is 11.8. The van der Waals surface area contributed by atoms with E-state index in [0.717, 1.165) is 0 Å². The topological polar surface area (TPSA) is 54.7 Å². The molecule has 0 unspecified atom stereocenters. The lowest BCUT2D eigenvalue weighted by atomic mass is 10.8. The van der Waals surface area contributed by atoms with E-state index in [-0.39, 0.29) is 27.3 Å². The third-order valence-electron chi connectivity index (χ3n) is 0.880. The van der Waals surface area contributed by atoms with Gasteiger partial charge in [0.1, 0.15) is 10.8 Å². The number of hydrogen-bond acceptors (Lipinski definition) is 3. The normalized spacial score (nSPS) is 12.0. The van der Waals surface area contributed by atoms with E-state index in [4.69, 9.17) is 5.73 Å². The number of rotatable bonds is 1. The summed E-state index contributed by atoms with van der Waals surface area (Å²) in [5, 5.41) is -0.269. The molecule has 0 saturated carbocycles. The Hall–Kier alpha value is -0.370. The number of imidazole rings is 1. The van der Waals surface area contributed by atoms with Gasteiger partial charge in [0.15, 0.2) is 4.73 Å². The quantitative estimate of drug-likeness (QED) is 0.764. The summed E-state index contributed by atoms with van der Waals surface area (Å²) in [5.74, 6) is -0.0933. The van der Waals surface area contributed by atoms with Gasteiger partial charge in [0.05, 0.1) is 0 Å². The molecule has 1 heterocycles. The summed E-state index contributed by atoms with van der Waals surface area (Å²) in [6.07, 6.45) is 0. The van der Waals surface area contributed by atoms with Gasteiger partial charge in [0.25, 0.3) is 0 Å². The molecule has 1 aromatic rings. The van der Waals surface area contributed by atoms with Crippen LogP contribution in [0.15, 0.2) is 9.76 Å². The SMILES string of the molecule is Nc1[nH]c(Br)nc1SC(F)(F)F. The zero-order valence-electron chi connectivity index (χ0n) is 5.44. The number of nitrogens with two attached hydrogens (primary N) is 1. The van der Waals surface area contributed by atoms with E-state index in [1.54, 1.807) is 0 Å². The van der Waals surface area contributed by atoms with Crippen molar-refractivity contribution in [2.45, 2.75) is 10.5 Å². The Morgan fingerprint density at radius 2 is 2.08 bits per heavy atom. The van der Waals surface area contributed by atoms with Gasteiger partial charge in [-0.3, -0.25) is 0 Å². The number of aromatic nitrogens is 2. The standard InChI is InChI=1S/C4H3BrF3N3S/c5-3-10-1(9)2(11-3)12-4(6,7)8/h9H2,(H,10,11). The molecular weight excluding hydrogens is 259 g/mol. The van der Waals surface area contributed by atoms with Crippen LogP contribution in [0.2, 0.25) is 0 Å².